The molecule has 2 aromatic carbocycles. The SMILES string of the molecule is O=C1C[C@H](NC(=O)[C@H]2CCCN2C(=O)c2ncc(CCCc3ccc(O)cc3)[nH]2)[C@@H](OCc2ccccc2)O1. The van der Waals surface area contributed by atoms with E-state index in [2.05, 4.69) is 15.3 Å². The van der Waals surface area contributed by atoms with Crippen molar-refractivity contribution in [3.63, 3.8) is 0 Å². The summed E-state index contributed by atoms with van der Waals surface area (Å²) in [6.07, 6.45) is 4.40. The van der Waals surface area contributed by atoms with E-state index in [1.54, 1.807) is 18.3 Å². The highest BCUT2D eigenvalue weighted by Gasteiger charge is 2.41. The summed E-state index contributed by atoms with van der Waals surface area (Å²) in [5.41, 5.74) is 2.89. The summed E-state index contributed by atoms with van der Waals surface area (Å²) in [6, 6.07) is 15.3. The maximum absolute atomic E-state index is 13.2. The van der Waals surface area contributed by atoms with Crippen LogP contribution in [-0.2, 0) is 38.5 Å². The average Bonchev–Trinajstić information content (AvgIpc) is 3.69. The number of aryl methyl sites for hydroxylation is 2. The molecule has 10 heteroatoms. The fourth-order valence-electron chi connectivity index (χ4n) is 5.00. The van der Waals surface area contributed by atoms with Gasteiger partial charge in [-0.2, -0.15) is 0 Å². The van der Waals surface area contributed by atoms with Gasteiger partial charge < -0.3 is 29.8 Å². The lowest BCUT2D eigenvalue weighted by atomic mass is 10.1. The summed E-state index contributed by atoms with van der Waals surface area (Å²) in [5.74, 6) is -0.652. The average molecular weight is 533 g/mol. The van der Waals surface area contributed by atoms with Crippen LogP contribution < -0.4 is 5.32 Å². The second-order valence-electron chi connectivity index (χ2n) is 9.91. The summed E-state index contributed by atoms with van der Waals surface area (Å²) in [6.45, 7) is 0.691. The zero-order valence-corrected chi connectivity index (χ0v) is 21.5. The lowest BCUT2D eigenvalue weighted by Gasteiger charge is -2.26. The van der Waals surface area contributed by atoms with Gasteiger partial charge in [-0.3, -0.25) is 14.4 Å². The molecule has 3 atom stereocenters. The number of rotatable bonds is 10. The molecular formula is C29H32N4O6. The Hall–Kier alpha value is -4.18. The number of H-pyrrole nitrogens is 1. The van der Waals surface area contributed by atoms with Crippen LogP contribution in [0.25, 0.3) is 0 Å². The molecule has 5 rings (SSSR count). The number of hydrogen-bond acceptors (Lipinski definition) is 7. The monoisotopic (exact) mass is 532 g/mol. The van der Waals surface area contributed by atoms with E-state index < -0.39 is 24.3 Å². The summed E-state index contributed by atoms with van der Waals surface area (Å²) in [7, 11) is 0. The van der Waals surface area contributed by atoms with Crippen molar-refractivity contribution in [2.75, 3.05) is 6.54 Å². The van der Waals surface area contributed by atoms with Crippen LogP contribution in [0.2, 0.25) is 0 Å². The number of carbonyl (C=O) groups excluding carboxylic acids is 3. The third-order valence-corrected chi connectivity index (χ3v) is 7.04. The van der Waals surface area contributed by atoms with E-state index >= 15 is 0 Å². The third-order valence-electron chi connectivity index (χ3n) is 7.04. The smallest absolute Gasteiger partial charge is 0.310 e. The summed E-state index contributed by atoms with van der Waals surface area (Å²) < 4.78 is 11.1. The van der Waals surface area contributed by atoms with Crippen LogP contribution >= 0.6 is 0 Å². The van der Waals surface area contributed by atoms with Gasteiger partial charge in [0.2, 0.25) is 12.2 Å². The van der Waals surface area contributed by atoms with E-state index in [1.165, 1.54) is 4.90 Å². The van der Waals surface area contributed by atoms with E-state index in [9.17, 15) is 19.5 Å². The van der Waals surface area contributed by atoms with Gasteiger partial charge in [0, 0.05) is 18.4 Å². The lowest BCUT2D eigenvalue weighted by molar-refractivity contribution is -0.168. The Morgan fingerprint density at radius 3 is 2.69 bits per heavy atom. The molecular weight excluding hydrogens is 500 g/mol. The molecule has 0 bridgehead atoms. The van der Waals surface area contributed by atoms with E-state index in [4.69, 9.17) is 9.47 Å². The van der Waals surface area contributed by atoms with Crippen molar-refractivity contribution in [3.05, 3.63) is 83.4 Å². The Labute approximate surface area is 226 Å². The Balaban J connectivity index is 1.14. The Bertz CT molecular complexity index is 1290. The first-order chi connectivity index (χ1) is 19.0. The topological polar surface area (TPSA) is 134 Å². The van der Waals surface area contributed by atoms with Crippen molar-refractivity contribution in [2.45, 2.75) is 63.5 Å². The molecule has 39 heavy (non-hydrogen) atoms. The number of hydrogen-bond donors (Lipinski definition) is 3. The van der Waals surface area contributed by atoms with E-state index in [1.807, 2.05) is 42.5 Å². The molecule has 1 aromatic heterocycles. The molecule has 2 aliphatic rings. The number of aromatic hydroxyl groups is 1. The van der Waals surface area contributed by atoms with Gasteiger partial charge in [-0.25, -0.2) is 4.98 Å². The van der Waals surface area contributed by atoms with Crippen LogP contribution in [-0.4, -0.2) is 62.7 Å². The van der Waals surface area contributed by atoms with E-state index in [0.717, 1.165) is 29.7 Å². The molecule has 2 amide bonds. The van der Waals surface area contributed by atoms with Crippen molar-refractivity contribution >= 4 is 17.8 Å². The van der Waals surface area contributed by atoms with Crippen LogP contribution in [0.1, 0.15) is 53.1 Å². The fourth-order valence-corrected chi connectivity index (χ4v) is 5.00. The summed E-state index contributed by atoms with van der Waals surface area (Å²) >= 11 is 0. The minimum absolute atomic E-state index is 0.0115. The first-order valence-corrected chi connectivity index (χ1v) is 13.2. The maximum atomic E-state index is 13.2. The molecule has 2 aliphatic heterocycles. The molecule has 0 aliphatic carbocycles. The second kappa shape index (κ2) is 12.1. The van der Waals surface area contributed by atoms with Crippen LogP contribution in [0.15, 0.2) is 60.8 Å². The van der Waals surface area contributed by atoms with Crippen molar-refractivity contribution in [1.82, 2.24) is 20.2 Å². The van der Waals surface area contributed by atoms with E-state index in [-0.39, 0.29) is 36.4 Å². The molecule has 204 valence electrons. The van der Waals surface area contributed by atoms with Gasteiger partial charge in [0.05, 0.1) is 13.0 Å². The molecule has 10 nitrogen and oxygen atoms in total. The molecule has 3 aromatic rings. The first kappa shape index (κ1) is 26.4. The quantitative estimate of drug-likeness (QED) is 0.342. The van der Waals surface area contributed by atoms with Gasteiger partial charge >= 0.3 is 5.97 Å². The maximum Gasteiger partial charge on any atom is 0.310 e. The number of benzene rings is 2. The third kappa shape index (κ3) is 6.64. The number of nitrogens with one attached hydrogen (secondary N) is 2. The molecule has 3 heterocycles. The number of carbonyl (C=O) groups is 3. The van der Waals surface area contributed by atoms with Crippen LogP contribution in [0.3, 0.4) is 0 Å². The molecule has 2 saturated heterocycles. The van der Waals surface area contributed by atoms with Gasteiger partial charge in [0.1, 0.15) is 17.8 Å². The lowest BCUT2D eigenvalue weighted by Crippen LogP contribution is -2.51. The molecule has 2 fully saturated rings. The minimum Gasteiger partial charge on any atom is -0.508 e. The molecule has 0 spiro atoms. The number of likely N-dealkylation sites (tertiary alicyclic amines) is 1. The largest absolute Gasteiger partial charge is 0.508 e. The van der Waals surface area contributed by atoms with Crippen LogP contribution in [0, 0.1) is 0 Å². The van der Waals surface area contributed by atoms with Crippen molar-refractivity contribution in [1.29, 1.82) is 0 Å². The second-order valence-corrected chi connectivity index (χ2v) is 9.91. The Morgan fingerprint density at radius 1 is 1.10 bits per heavy atom. The number of esters is 1. The zero-order valence-electron chi connectivity index (χ0n) is 21.5. The first-order valence-electron chi connectivity index (χ1n) is 13.2. The predicted molar refractivity (Wildman–Crippen MR) is 140 cm³/mol. The normalized spacial score (nSPS) is 20.7. The van der Waals surface area contributed by atoms with E-state index in [0.29, 0.717) is 25.8 Å². The number of imidazole rings is 1. The van der Waals surface area contributed by atoms with Gasteiger partial charge in [0.15, 0.2) is 5.82 Å². The number of phenols is 1. The number of ether oxygens (including phenoxy) is 2. The van der Waals surface area contributed by atoms with Crippen LogP contribution in [0.5, 0.6) is 5.75 Å². The number of cyclic esters (lactones) is 1. The molecule has 0 saturated carbocycles. The van der Waals surface area contributed by atoms with Crippen molar-refractivity contribution in [2.24, 2.45) is 0 Å². The van der Waals surface area contributed by atoms with Gasteiger partial charge in [0.25, 0.3) is 5.91 Å². The van der Waals surface area contributed by atoms with Gasteiger partial charge in [-0.15, -0.1) is 0 Å². The highest BCUT2D eigenvalue weighted by molar-refractivity contribution is 5.95. The number of aromatic nitrogens is 2. The highest BCUT2D eigenvalue weighted by Crippen LogP contribution is 2.23. The van der Waals surface area contributed by atoms with Crippen molar-refractivity contribution in [3.8, 4) is 5.75 Å². The fraction of sp³-hybridized carbons (Fsp3) is 0.379. The molecule has 0 radical (unpaired) electrons. The number of aromatic amines is 1. The summed E-state index contributed by atoms with van der Waals surface area (Å²) in [4.78, 5) is 47.3. The number of phenolic OH excluding ortho intramolecular Hbond substituents is 1. The highest BCUT2D eigenvalue weighted by atomic mass is 16.7. The number of nitrogens with zero attached hydrogens (tertiary/aromatic N) is 2. The minimum atomic E-state index is -0.888. The van der Waals surface area contributed by atoms with Crippen molar-refractivity contribution < 1.29 is 29.0 Å². The zero-order chi connectivity index (χ0) is 27.2. The molecule has 0 unspecified atom stereocenters. The van der Waals surface area contributed by atoms with Gasteiger partial charge in [-0.1, -0.05) is 42.5 Å². The molecule has 3 N–H and O–H groups in total. The summed E-state index contributed by atoms with van der Waals surface area (Å²) in [5, 5.41) is 12.3. The van der Waals surface area contributed by atoms with Crippen LogP contribution in [0.4, 0.5) is 0 Å². The standard InChI is InChI=1S/C29H32N4O6/c34-22-13-11-19(12-14-22)8-4-9-21-17-30-26(31-21)28(37)33-15-5-10-24(33)27(36)32-23-16-25(35)39-29(23)38-18-20-6-2-1-3-7-20/h1-3,6-7,11-14,17,23-24,29,34H,4-5,8-10,15-16,18H2,(H,30,31)(H,32,36)/t23-,24+,29-/m0/s1. The predicted octanol–water partition coefficient (Wildman–Crippen LogP) is 2.87. The Morgan fingerprint density at radius 2 is 1.90 bits per heavy atom. The Kier molecular flexibility index (Phi) is 8.21. The van der Waals surface area contributed by atoms with Gasteiger partial charge in [-0.05, 0) is 55.4 Å². The number of amides is 2.